The molecule has 7 rings (SSSR count). The number of carbonyl (C=O) groups is 1. The number of hydrogen-bond acceptors (Lipinski definition) is 12. The topological polar surface area (TPSA) is 225 Å². The van der Waals surface area contributed by atoms with Gasteiger partial charge in [-0.3, -0.25) is 33.8 Å². The van der Waals surface area contributed by atoms with E-state index in [2.05, 4.69) is 20.5 Å². The van der Waals surface area contributed by atoms with Crippen molar-refractivity contribution in [2.75, 3.05) is 7.11 Å². The SMILES string of the molecule is COc1cc(=O)c2c(=O)c3c(c(=O)c=2c1=O)=C(O)C1(CCc2cc4cc(C=NNC(=O)c5cccnc5)[nH]c(=O)c4c(O)c21)C=3O. The van der Waals surface area contributed by atoms with E-state index in [1.54, 1.807) is 12.1 Å². The van der Waals surface area contributed by atoms with Crippen LogP contribution >= 0.6 is 0 Å². The molecule has 1 aromatic carbocycles. The fourth-order valence-electron chi connectivity index (χ4n) is 6.56. The minimum absolute atomic E-state index is 0.105. The largest absolute Gasteiger partial charge is 0.510 e. The van der Waals surface area contributed by atoms with Crippen molar-refractivity contribution >= 4 is 34.4 Å². The molecular formula is C32H20N4O10. The standard InChI is InChI=1S/C32H20N4O10/c1-46-17-9-16(37)19-20(24(17)38)26(40)22-21(25(19)39)28(42)32(29(22)43)5-4-12-7-14-8-15(35-31(45)18(14)27(41)23(12)32)11-34-36-30(44)13-3-2-6-33-10-13/h2-3,6-11,41-43H,4-5H2,1H3,(H,35,45)(H,36,44). The van der Waals surface area contributed by atoms with Gasteiger partial charge >= 0.3 is 0 Å². The van der Waals surface area contributed by atoms with E-state index in [0.29, 0.717) is 5.56 Å². The number of nitrogens with zero attached hydrogens (tertiary/aromatic N) is 2. The quantitative estimate of drug-likeness (QED) is 0.117. The minimum Gasteiger partial charge on any atom is -0.510 e. The number of fused-ring (bicyclic) bond motifs is 4. The molecule has 3 aromatic rings. The molecule has 0 fully saturated rings. The number of phenolic OH excluding ortho intramolecular Hbond substituents is 1. The maximum Gasteiger partial charge on any atom is 0.272 e. The highest BCUT2D eigenvalue weighted by atomic mass is 16.5. The number of ether oxygens (including phenoxy) is 1. The average molecular weight is 621 g/mol. The number of aliphatic hydroxyl groups excluding tert-OH is 2. The van der Waals surface area contributed by atoms with Crippen LogP contribution in [0.4, 0.5) is 0 Å². The smallest absolute Gasteiger partial charge is 0.272 e. The summed E-state index contributed by atoms with van der Waals surface area (Å²) in [6, 6.07) is 6.92. The van der Waals surface area contributed by atoms with Crippen LogP contribution in [0.25, 0.3) is 22.3 Å². The van der Waals surface area contributed by atoms with Crippen LogP contribution in [0.2, 0.25) is 0 Å². The second-order valence-corrected chi connectivity index (χ2v) is 10.9. The summed E-state index contributed by atoms with van der Waals surface area (Å²) in [7, 11) is 1.11. The number of hydrazone groups is 1. The number of benzene rings is 1. The van der Waals surface area contributed by atoms with Gasteiger partial charge in [0.05, 0.1) is 50.8 Å². The summed E-state index contributed by atoms with van der Waals surface area (Å²) in [5.41, 5.74) is -4.07. The third-order valence-corrected chi connectivity index (χ3v) is 8.57. The molecule has 14 nitrogen and oxygen atoms in total. The summed E-state index contributed by atoms with van der Waals surface area (Å²) in [4.78, 5) is 84.8. The predicted molar refractivity (Wildman–Crippen MR) is 163 cm³/mol. The van der Waals surface area contributed by atoms with Crippen molar-refractivity contribution in [1.82, 2.24) is 15.4 Å². The van der Waals surface area contributed by atoms with E-state index in [1.165, 1.54) is 30.7 Å². The Labute approximate surface area is 253 Å². The van der Waals surface area contributed by atoms with Gasteiger partial charge in [0.1, 0.15) is 22.7 Å². The molecule has 0 saturated heterocycles. The summed E-state index contributed by atoms with van der Waals surface area (Å²) in [6.45, 7) is 0. The highest BCUT2D eigenvalue weighted by Gasteiger charge is 2.53. The Bertz CT molecular complexity index is 2710. The first kappa shape index (κ1) is 28.3. The normalized spacial score (nSPS) is 16.9. The first-order valence-electron chi connectivity index (χ1n) is 13.7. The van der Waals surface area contributed by atoms with Crippen LogP contribution in [0, 0.1) is 10.4 Å². The monoisotopic (exact) mass is 620 g/mol. The lowest BCUT2D eigenvalue weighted by Gasteiger charge is -2.27. The summed E-state index contributed by atoms with van der Waals surface area (Å²) in [5, 5.41) is 35.6. The van der Waals surface area contributed by atoms with Gasteiger partial charge in [-0.2, -0.15) is 5.10 Å². The Kier molecular flexibility index (Phi) is 6.03. The number of hydrogen-bond donors (Lipinski definition) is 5. The van der Waals surface area contributed by atoms with Gasteiger partial charge in [0, 0.05) is 24.0 Å². The highest BCUT2D eigenvalue weighted by molar-refractivity contribution is 5.97. The van der Waals surface area contributed by atoms with Crippen LogP contribution in [0.3, 0.4) is 0 Å². The van der Waals surface area contributed by atoms with Crippen molar-refractivity contribution < 1.29 is 24.9 Å². The molecule has 228 valence electrons. The molecule has 2 heterocycles. The summed E-state index contributed by atoms with van der Waals surface area (Å²) < 4.78 is 4.89. The second kappa shape index (κ2) is 9.79. The minimum atomic E-state index is -2.01. The number of aromatic amines is 1. The first-order chi connectivity index (χ1) is 22.0. The van der Waals surface area contributed by atoms with Crippen molar-refractivity contribution in [1.29, 1.82) is 0 Å². The third-order valence-electron chi connectivity index (χ3n) is 8.57. The number of H-pyrrole nitrogens is 1. The molecule has 1 unspecified atom stereocenters. The Morgan fingerprint density at radius 3 is 2.39 bits per heavy atom. The van der Waals surface area contributed by atoms with E-state index >= 15 is 0 Å². The number of aromatic hydroxyl groups is 1. The maximum absolute atomic E-state index is 13.6. The van der Waals surface area contributed by atoms with Crippen LogP contribution in [-0.2, 0) is 11.8 Å². The van der Waals surface area contributed by atoms with Gasteiger partial charge in [0.2, 0.25) is 16.3 Å². The lowest BCUT2D eigenvalue weighted by atomic mass is 9.78. The number of pyridine rings is 2. The first-order valence-corrected chi connectivity index (χ1v) is 13.7. The predicted octanol–water partition coefficient (Wildman–Crippen LogP) is -1.33. The summed E-state index contributed by atoms with van der Waals surface area (Å²) >= 11 is 0. The summed E-state index contributed by atoms with van der Waals surface area (Å²) in [5.74, 6) is -3.21. The van der Waals surface area contributed by atoms with Gasteiger partial charge < -0.3 is 25.0 Å². The Morgan fingerprint density at radius 2 is 1.72 bits per heavy atom. The van der Waals surface area contributed by atoms with Crippen molar-refractivity contribution in [3.63, 3.8) is 0 Å². The van der Waals surface area contributed by atoms with E-state index in [0.717, 1.165) is 13.2 Å². The molecule has 4 aliphatic carbocycles. The van der Waals surface area contributed by atoms with Crippen LogP contribution in [-0.4, -0.2) is 44.5 Å². The molecule has 0 radical (unpaired) electrons. The maximum atomic E-state index is 13.6. The van der Waals surface area contributed by atoms with Crippen molar-refractivity contribution in [3.8, 4) is 11.5 Å². The molecule has 0 saturated carbocycles. The molecule has 1 amide bonds. The number of aliphatic hydroxyl groups is 2. The molecule has 14 heteroatoms. The fourth-order valence-corrected chi connectivity index (χ4v) is 6.56. The number of methoxy groups -OCH3 is 1. The summed E-state index contributed by atoms with van der Waals surface area (Å²) in [6.07, 6.45) is 4.04. The van der Waals surface area contributed by atoms with E-state index in [-0.39, 0.29) is 40.4 Å². The lowest BCUT2D eigenvalue weighted by molar-refractivity contribution is 0.0954. The Balaban J connectivity index is 1.41. The number of aryl methyl sites for hydroxylation is 1. The molecule has 1 spiro atoms. The number of rotatable bonds is 4. The highest BCUT2D eigenvalue weighted by Crippen LogP contribution is 2.54. The number of phenols is 1. The van der Waals surface area contributed by atoms with E-state index < -0.39 is 82.5 Å². The van der Waals surface area contributed by atoms with E-state index in [4.69, 9.17) is 4.74 Å². The fraction of sp³-hybridized carbons (Fsp3) is 0.125. The van der Waals surface area contributed by atoms with Crippen LogP contribution in [0.1, 0.15) is 33.6 Å². The van der Waals surface area contributed by atoms with Crippen LogP contribution < -0.4 is 47.9 Å². The van der Waals surface area contributed by atoms with Gasteiger partial charge in [-0.15, -0.1) is 0 Å². The third kappa shape index (κ3) is 3.63. The molecule has 5 N–H and O–H groups in total. The Hall–Kier alpha value is -6.44. The molecule has 0 bridgehead atoms. The zero-order chi connectivity index (χ0) is 32.7. The molecule has 46 heavy (non-hydrogen) atoms. The second-order valence-electron chi connectivity index (χ2n) is 10.9. The lowest BCUT2D eigenvalue weighted by Crippen LogP contribution is -2.51. The van der Waals surface area contributed by atoms with Crippen LogP contribution in [0.5, 0.6) is 11.5 Å². The molecule has 0 aliphatic heterocycles. The number of aromatic nitrogens is 2. The van der Waals surface area contributed by atoms with Gasteiger partial charge in [-0.1, -0.05) is 6.07 Å². The number of nitrogens with one attached hydrogen (secondary N) is 2. The van der Waals surface area contributed by atoms with Crippen LogP contribution in [0.15, 0.2) is 71.8 Å². The van der Waals surface area contributed by atoms with Gasteiger partial charge in [-0.05, 0) is 42.0 Å². The van der Waals surface area contributed by atoms with Gasteiger partial charge in [0.15, 0.2) is 11.2 Å². The zero-order valence-electron chi connectivity index (χ0n) is 23.6. The van der Waals surface area contributed by atoms with Crippen molar-refractivity contribution in [2.45, 2.75) is 18.3 Å². The molecule has 1 atom stereocenters. The van der Waals surface area contributed by atoms with Gasteiger partial charge in [0.25, 0.3) is 11.5 Å². The van der Waals surface area contributed by atoms with E-state index in [1.807, 2.05) is 0 Å². The molecule has 4 aliphatic rings. The molecular weight excluding hydrogens is 600 g/mol. The van der Waals surface area contributed by atoms with Crippen molar-refractivity contribution in [2.24, 2.45) is 5.10 Å². The Morgan fingerprint density at radius 1 is 1.00 bits per heavy atom. The zero-order valence-corrected chi connectivity index (χ0v) is 23.6. The average Bonchev–Trinajstić information content (AvgIpc) is 3.53. The molecule has 2 aromatic heterocycles. The van der Waals surface area contributed by atoms with E-state index in [9.17, 15) is 44.1 Å². The van der Waals surface area contributed by atoms with Crippen molar-refractivity contribution in [3.05, 3.63) is 137 Å². The van der Waals surface area contributed by atoms with Gasteiger partial charge in [-0.25, -0.2) is 5.43 Å². The number of amides is 1. The number of carbonyl (C=O) groups excluding carboxylic acids is 1.